The highest BCUT2D eigenvalue weighted by atomic mass is 35.5. The quantitative estimate of drug-likeness (QED) is 0.875. The van der Waals surface area contributed by atoms with Crippen LogP contribution in [0.25, 0.3) is 0 Å². The van der Waals surface area contributed by atoms with Crippen LogP contribution >= 0.6 is 36.6 Å². The molecule has 1 aromatic rings. The van der Waals surface area contributed by atoms with Crippen LogP contribution in [0.5, 0.6) is 0 Å². The van der Waals surface area contributed by atoms with Crippen molar-refractivity contribution in [2.24, 2.45) is 0 Å². The number of hydrogen-bond acceptors (Lipinski definition) is 4. The summed E-state index contributed by atoms with van der Waals surface area (Å²) in [6.07, 6.45) is 1.07. The standard InChI is InChI=1S/C16H23N3OS.2ClH/c20-16(15-12-21-13-17-15)19-8-4-7-18(9-10-19)11-14-5-2-1-3-6-14;;/h1-3,5-6,15,17H,4,7-13H2;2*1H. The Morgan fingerprint density at radius 3 is 2.61 bits per heavy atom. The SMILES string of the molecule is Cl.Cl.O=C(C1CSCN1)N1CCCN(Cc2ccccc2)CC1. The zero-order valence-corrected chi connectivity index (χ0v) is 15.6. The number of benzene rings is 1. The van der Waals surface area contributed by atoms with Gasteiger partial charge in [0.25, 0.3) is 0 Å². The third kappa shape index (κ3) is 5.84. The molecule has 130 valence electrons. The number of hydrogen-bond donors (Lipinski definition) is 1. The summed E-state index contributed by atoms with van der Waals surface area (Å²) in [4.78, 5) is 17.0. The zero-order valence-electron chi connectivity index (χ0n) is 13.1. The van der Waals surface area contributed by atoms with Gasteiger partial charge in [0.15, 0.2) is 0 Å². The Balaban J connectivity index is 0.00000132. The van der Waals surface area contributed by atoms with Crippen LogP contribution in [0, 0.1) is 0 Å². The summed E-state index contributed by atoms with van der Waals surface area (Å²) in [5.74, 6) is 2.12. The summed E-state index contributed by atoms with van der Waals surface area (Å²) in [6.45, 7) is 4.79. The fourth-order valence-corrected chi connectivity index (χ4v) is 3.90. The van der Waals surface area contributed by atoms with Crippen molar-refractivity contribution in [3.05, 3.63) is 35.9 Å². The van der Waals surface area contributed by atoms with Gasteiger partial charge in [-0.2, -0.15) is 0 Å². The minimum atomic E-state index is 0. The van der Waals surface area contributed by atoms with Gasteiger partial charge in [0, 0.05) is 44.4 Å². The molecule has 1 amide bonds. The molecule has 0 bridgehead atoms. The molecular formula is C16H25Cl2N3OS. The maximum Gasteiger partial charge on any atom is 0.240 e. The van der Waals surface area contributed by atoms with Gasteiger partial charge >= 0.3 is 0 Å². The van der Waals surface area contributed by atoms with E-state index in [0.717, 1.165) is 50.8 Å². The molecule has 1 N–H and O–H groups in total. The van der Waals surface area contributed by atoms with Gasteiger partial charge in [-0.05, 0) is 12.0 Å². The van der Waals surface area contributed by atoms with Crippen LogP contribution in [0.15, 0.2) is 30.3 Å². The lowest BCUT2D eigenvalue weighted by Gasteiger charge is -2.24. The van der Waals surface area contributed by atoms with E-state index < -0.39 is 0 Å². The maximum absolute atomic E-state index is 12.4. The smallest absolute Gasteiger partial charge is 0.240 e. The second-order valence-corrected chi connectivity index (χ2v) is 6.74. The number of carbonyl (C=O) groups excluding carboxylic acids is 1. The fourth-order valence-electron chi connectivity index (χ4n) is 2.97. The average molecular weight is 378 g/mol. The first-order valence-electron chi connectivity index (χ1n) is 7.69. The van der Waals surface area contributed by atoms with E-state index in [9.17, 15) is 4.79 Å². The third-order valence-electron chi connectivity index (χ3n) is 4.16. The number of rotatable bonds is 3. The van der Waals surface area contributed by atoms with Crippen molar-refractivity contribution in [2.45, 2.75) is 19.0 Å². The van der Waals surface area contributed by atoms with E-state index in [0.29, 0.717) is 5.91 Å². The molecule has 7 heteroatoms. The molecule has 2 fully saturated rings. The van der Waals surface area contributed by atoms with Crippen molar-refractivity contribution in [3.8, 4) is 0 Å². The number of amides is 1. The summed E-state index contributed by atoms with van der Waals surface area (Å²) in [5.41, 5.74) is 1.35. The van der Waals surface area contributed by atoms with Gasteiger partial charge in [0.05, 0.1) is 6.04 Å². The Hall–Kier alpha value is -0.460. The highest BCUT2D eigenvalue weighted by molar-refractivity contribution is 7.99. The van der Waals surface area contributed by atoms with Gasteiger partial charge in [-0.15, -0.1) is 36.6 Å². The van der Waals surface area contributed by atoms with Crippen molar-refractivity contribution in [3.63, 3.8) is 0 Å². The minimum absolute atomic E-state index is 0. The highest BCUT2D eigenvalue weighted by Crippen LogP contribution is 2.14. The Kier molecular flexibility index (Phi) is 9.32. The average Bonchev–Trinajstić information content (AvgIpc) is 2.95. The first-order valence-corrected chi connectivity index (χ1v) is 8.84. The van der Waals surface area contributed by atoms with Crippen molar-refractivity contribution in [1.29, 1.82) is 0 Å². The molecule has 1 atom stereocenters. The van der Waals surface area contributed by atoms with Gasteiger partial charge in [-0.25, -0.2) is 0 Å². The predicted molar refractivity (Wildman–Crippen MR) is 102 cm³/mol. The second-order valence-electron chi connectivity index (χ2n) is 5.71. The van der Waals surface area contributed by atoms with E-state index in [-0.39, 0.29) is 30.9 Å². The molecule has 1 aromatic carbocycles. The first kappa shape index (κ1) is 20.6. The zero-order chi connectivity index (χ0) is 14.5. The largest absolute Gasteiger partial charge is 0.340 e. The molecule has 23 heavy (non-hydrogen) atoms. The Morgan fingerprint density at radius 2 is 1.91 bits per heavy atom. The molecule has 0 aromatic heterocycles. The Labute approximate surface area is 155 Å². The van der Waals surface area contributed by atoms with Crippen LogP contribution in [0.4, 0.5) is 0 Å². The molecule has 3 rings (SSSR count). The van der Waals surface area contributed by atoms with E-state index in [4.69, 9.17) is 0 Å². The second kappa shape index (κ2) is 10.4. The van der Waals surface area contributed by atoms with Crippen LogP contribution in [0.1, 0.15) is 12.0 Å². The fraction of sp³-hybridized carbons (Fsp3) is 0.562. The molecule has 1 unspecified atom stereocenters. The summed E-state index contributed by atoms with van der Waals surface area (Å²) in [7, 11) is 0. The number of nitrogens with zero attached hydrogens (tertiary/aromatic N) is 2. The Morgan fingerprint density at radius 1 is 1.13 bits per heavy atom. The highest BCUT2D eigenvalue weighted by Gasteiger charge is 2.28. The summed E-state index contributed by atoms with van der Waals surface area (Å²) >= 11 is 1.81. The summed E-state index contributed by atoms with van der Waals surface area (Å²) < 4.78 is 0. The predicted octanol–water partition coefficient (Wildman–Crippen LogP) is 2.23. The molecule has 4 nitrogen and oxygen atoms in total. The minimum Gasteiger partial charge on any atom is -0.340 e. The monoisotopic (exact) mass is 377 g/mol. The van der Waals surface area contributed by atoms with Crippen molar-refractivity contribution in [2.75, 3.05) is 37.8 Å². The molecular weight excluding hydrogens is 353 g/mol. The van der Waals surface area contributed by atoms with Crippen LogP contribution in [-0.2, 0) is 11.3 Å². The normalized spacial score (nSPS) is 21.9. The van der Waals surface area contributed by atoms with Gasteiger partial charge in [0.2, 0.25) is 5.91 Å². The third-order valence-corrected chi connectivity index (χ3v) is 5.10. The number of halogens is 2. The van der Waals surface area contributed by atoms with E-state index in [2.05, 4.69) is 45.4 Å². The van der Waals surface area contributed by atoms with E-state index >= 15 is 0 Å². The van der Waals surface area contributed by atoms with Crippen molar-refractivity contribution >= 4 is 42.5 Å². The molecule has 0 spiro atoms. The molecule has 2 heterocycles. The van der Waals surface area contributed by atoms with Gasteiger partial charge in [-0.3, -0.25) is 15.0 Å². The van der Waals surface area contributed by atoms with Crippen LogP contribution < -0.4 is 5.32 Å². The van der Waals surface area contributed by atoms with E-state index in [1.54, 1.807) is 0 Å². The van der Waals surface area contributed by atoms with Crippen molar-refractivity contribution < 1.29 is 4.79 Å². The molecule has 2 aliphatic heterocycles. The molecule has 0 aliphatic carbocycles. The number of carbonyl (C=O) groups is 1. The molecule has 2 saturated heterocycles. The molecule has 2 aliphatic rings. The topological polar surface area (TPSA) is 35.6 Å². The van der Waals surface area contributed by atoms with Crippen LogP contribution in [0.2, 0.25) is 0 Å². The van der Waals surface area contributed by atoms with Gasteiger partial charge < -0.3 is 4.90 Å². The van der Waals surface area contributed by atoms with E-state index in [1.165, 1.54) is 5.56 Å². The first-order chi connectivity index (χ1) is 10.3. The molecule has 0 radical (unpaired) electrons. The summed E-state index contributed by atoms with van der Waals surface area (Å²) in [6, 6.07) is 10.6. The lowest BCUT2D eigenvalue weighted by Crippen LogP contribution is -2.46. The van der Waals surface area contributed by atoms with Gasteiger partial charge in [-0.1, -0.05) is 30.3 Å². The van der Waals surface area contributed by atoms with Crippen molar-refractivity contribution in [1.82, 2.24) is 15.1 Å². The molecule has 0 saturated carbocycles. The van der Waals surface area contributed by atoms with Crippen LogP contribution in [0.3, 0.4) is 0 Å². The number of thioether (sulfide) groups is 1. The maximum atomic E-state index is 12.4. The lowest BCUT2D eigenvalue weighted by molar-refractivity contribution is -0.132. The lowest BCUT2D eigenvalue weighted by atomic mass is 10.2. The van der Waals surface area contributed by atoms with E-state index in [1.807, 2.05) is 11.8 Å². The number of nitrogens with one attached hydrogen (secondary N) is 1. The Bertz CT molecular complexity index is 472. The van der Waals surface area contributed by atoms with Gasteiger partial charge in [0.1, 0.15) is 0 Å². The summed E-state index contributed by atoms with van der Waals surface area (Å²) in [5, 5.41) is 3.28. The van der Waals surface area contributed by atoms with Crippen LogP contribution in [-0.4, -0.2) is 59.6 Å².